The van der Waals surface area contributed by atoms with Gasteiger partial charge in [0.25, 0.3) is 0 Å². The van der Waals surface area contributed by atoms with Gasteiger partial charge in [0.2, 0.25) is 5.91 Å². The Balaban J connectivity index is 1.93. The zero-order valence-electron chi connectivity index (χ0n) is 13.2. The Morgan fingerprint density at radius 2 is 2.23 bits per heavy atom. The second-order valence-electron chi connectivity index (χ2n) is 5.47. The molecule has 1 aliphatic heterocycles. The van der Waals surface area contributed by atoms with Crippen molar-refractivity contribution in [3.05, 3.63) is 22.4 Å². The average Bonchev–Trinajstić information content (AvgIpc) is 3.02. The molecule has 2 heterocycles. The molecule has 0 aliphatic carbocycles. The highest BCUT2D eigenvalue weighted by atomic mass is 32.2. The van der Waals surface area contributed by atoms with Gasteiger partial charge in [-0.2, -0.15) is 5.26 Å². The van der Waals surface area contributed by atoms with Gasteiger partial charge in [0, 0.05) is 18.8 Å². The number of hydrogen-bond acceptors (Lipinski definition) is 5. The lowest BCUT2D eigenvalue weighted by Crippen LogP contribution is -2.32. The van der Waals surface area contributed by atoms with E-state index in [0.717, 1.165) is 36.3 Å². The molecule has 1 aromatic heterocycles. The summed E-state index contributed by atoms with van der Waals surface area (Å²) in [5.41, 5.74) is 3.44. The van der Waals surface area contributed by atoms with Crippen LogP contribution in [-0.2, 0) is 9.53 Å². The Morgan fingerprint density at radius 1 is 1.45 bits per heavy atom. The molecule has 6 heteroatoms. The van der Waals surface area contributed by atoms with Crippen LogP contribution in [0.2, 0.25) is 0 Å². The van der Waals surface area contributed by atoms with Crippen LogP contribution in [0.4, 0.5) is 0 Å². The van der Waals surface area contributed by atoms with E-state index < -0.39 is 0 Å². The van der Waals surface area contributed by atoms with Gasteiger partial charge in [-0.05, 0) is 44.7 Å². The lowest BCUT2D eigenvalue weighted by atomic mass is 10.1. The van der Waals surface area contributed by atoms with Gasteiger partial charge in [0.1, 0.15) is 11.1 Å². The van der Waals surface area contributed by atoms with E-state index in [1.165, 1.54) is 11.8 Å². The monoisotopic (exact) mass is 319 g/mol. The van der Waals surface area contributed by atoms with Gasteiger partial charge in [-0.25, -0.2) is 4.98 Å². The first kappa shape index (κ1) is 16.8. The van der Waals surface area contributed by atoms with Gasteiger partial charge < -0.3 is 10.1 Å². The highest BCUT2D eigenvalue weighted by Gasteiger charge is 2.17. The van der Waals surface area contributed by atoms with E-state index in [1.54, 1.807) is 0 Å². The molecule has 0 radical (unpaired) electrons. The Morgan fingerprint density at radius 3 is 2.86 bits per heavy atom. The summed E-state index contributed by atoms with van der Waals surface area (Å²) in [5.74, 6) is 0.207. The fourth-order valence-electron chi connectivity index (χ4n) is 2.37. The highest BCUT2D eigenvalue weighted by molar-refractivity contribution is 8.00. The van der Waals surface area contributed by atoms with Crippen molar-refractivity contribution in [1.82, 2.24) is 10.3 Å². The van der Waals surface area contributed by atoms with Gasteiger partial charge in [-0.15, -0.1) is 0 Å². The Labute approximate surface area is 135 Å². The van der Waals surface area contributed by atoms with Crippen molar-refractivity contribution in [2.75, 3.05) is 18.9 Å². The molecule has 1 fully saturated rings. The van der Waals surface area contributed by atoms with Crippen molar-refractivity contribution in [3.63, 3.8) is 0 Å². The molecule has 1 atom stereocenters. The fraction of sp³-hybridized carbons (Fsp3) is 0.562. The van der Waals surface area contributed by atoms with Crippen molar-refractivity contribution in [2.45, 2.75) is 44.7 Å². The van der Waals surface area contributed by atoms with E-state index in [-0.39, 0.29) is 17.8 Å². The molecule has 0 bridgehead atoms. The lowest BCUT2D eigenvalue weighted by Gasteiger charge is -2.12. The van der Waals surface area contributed by atoms with Crippen LogP contribution in [0.3, 0.4) is 0 Å². The number of aryl methyl sites for hydroxylation is 1. The summed E-state index contributed by atoms with van der Waals surface area (Å²) in [6.45, 7) is 7.15. The maximum Gasteiger partial charge on any atom is 0.230 e. The van der Waals surface area contributed by atoms with E-state index in [0.29, 0.717) is 17.1 Å². The summed E-state index contributed by atoms with van der Waals surface area (Å²) in [5, 5.41) is 12.8. The van der Waals surface area contributed by atoms with E-state index in [1.807, 2.05) is 20.8 Å². The third-order valence-corrected chi connectivity index (χ3v) is 4.94. The number of ether oxygens (including phenoxy) is 1. The van der Waals surface area contributed by atoms with Gasteiger partial charge in [-0.3, -0.25) is 4.79 Å². The SMILES string of the molecule is Cc1nc(SCC(=O)NC[C@H]2CCCO2)c(C#N)c(C)c1C. The smallest absolute Gasteiger partial charge is 0.230 e. The molecule has 2 rings (SSSR count). The van der Waals surface area contributed by atoms with Gasteiger partial charge in [0.05, 0.1) is 17.4 Å². The van der Waals surface area contributed by atoms with Crippen LogP contribution >= 0.6 is 11.8 Å². The van der Waals surface area contributed by atoms with Gasteiger partial charge in [-0.1, -0.05) is 11.8 Å². The number of aromatic nitrogens is 1. The van der Waals surface area contributed by atoms with E-state index in [4.69, 9.17) is 4.74 Å². The van der Waals surface area contributed by atoms with Crippen molar-refractivity contribution in [2.24, 2.45) is 0 Å². The molecule has 1 saturated heterocycles. The Hall–Kier alpha value is -1.58. The van der Waals surface area contributed by atoms with Crippen LogP contribution in [0.1, 0.15) is 35.2 Å². The predicted octanol–water partition coefficient (Wildman–Crippen LogP) is 2.27. The molecule has 0 saturated carbocycles. The number of pyridine rings is 1. The molecule has 0 aromatic carbocycles. The number of amides is 1. The number of thioether (sulfide) groups is 1. The molecule has 22 heavy (non-hydrogen) atoms. The largest absolute Gasteiger partial charge is 0.376 e. The molecule has 0 unspecified atom stereocenters. The normalized spacial score (nSPS) is 17.3. The van der Waals surface area contributed by atoms with E-state index >= 15 is 0 Å². The number of carbonyl (C=O) groups is 1. The topological polar surface area (TPSA) is 75.0 Å². The summed E-state index contributed by atoms with van der Waals surface area (Å²) >= 11 is 1.31. The summed E-state index contributed by atoms with van der Waals surface area (Å²) in [4.78, 5) is 16.4. The number of rotatable bonds is 5. The molecule has 118 valence electrons. The van der Waals surface area contributed by atoms with Crippen LogP contribution in [0, 0.1) is 32.1 Å². The van der Waals surface area contributed by atoms with Crippen LogP contribution in [-0.4, -0.2) is 35.9 Å². The van der Waals surface area contributed by atoms with Crippen molar-refractivity contribution < 1.29 is 9.53 Å². The molecular formula is C16H21N3O2S. The minimum Gasteiger partial charge on any atom is -0.376 e. The lowest BCUT2D eigenvalue weighted by molar-refractivity contribution is -0.119. The van der Waals surface area contributed by atoms with Crippen LogP contribution in [0.5, 0.6) is 0 Å². The summed E-state index contributed by atoms with van der Waals surface area (Å²) in [6.07, 6.45) is 2.21. The third-order valence-electron chi connectivity index (χ3n) is 3.97. The quantitative estimate of drug-likeness (QED) is 0.843. The first-order valence-corrected chi connectivity index (χ1v) is 8.40. The number of hydrogen-bond donors (Lipinski definition) is 1. The zero-order valence-corrected chi connectivity index (χ0v) is 14.0. The molecule has 0 spiro atoms. The summed E-state index contributed by atoms with van der Waals surface area (Å²) in [6, 6.07) is 2.20. The molecule has 1 N–H and O–H groups in total. The highest BCUT2D eigenvalue weighted by Crippen LogP contribution is 2.26. The maximum absolute atomic E-state index is 11.9. The summed E-state index contributed by atoms with van der Waals surface area (Å²) in [7, 11) is 0. The molecule has 1 amide bonds. The Kier molecular flexibility index (Phi) is 5.81. The van der Waals surface area contributed by atoms with Crippen LogP contribution < -0.4 is 5.32 Å². The van der Waals surface area contributed by atoms with E-state index in [2.05, 4.69) is 16.4 Å². The average molecular weight is 319 g/mol. The Bertz CT molecular complexity index is 604. The fourth-order valence-corrected chi connectivity index (χ4v) is 3.28. The first-order valence-electron chi connectivity index (χ1n) is 7.42. The number of carbonyl (C=O) groups excluding carboxylic acids is 1. The van der Waals surface area contributed by atoms with Gasteiger partial charge >= 0.3 is 0 Å². The summed E-state index contributed by atoms with van der Waals surface area (Å²) < 4.78 is 5.47. The molecule has 5 nitrogen and oxygen atoms in total. The van der Waals surface area contributed by atoms with Crippen molar-refractivity contribution in [1.29, 1.82) is 5.26 Å². The first-order chi connectivity index (χ1) is 10.5. The number of nitrogens with zero attached hydrogens (tertiary/aromatic N) is 2. The molecule has 1 aliphatic rings. The van der Waals surface area contributed by atoms with Crippen LogP contribution in [0.15, 0.2) is 5.03 Å². The van der Waals surface area contributed by atoms with Gasteiger partial charge in [0.15, 0.2) is 0 Å². The standard InChI is InChI=1S/C16H21N3O2S/c1-10-11(2)14(7-17)16(19-12(10)3)22-9-15(20)18-8-13-5-4-6-21-13/h13H,4-6,8-9H2,1-3H3,(H,18,20)/t13-/m1/s1. The zero-order chi connectivity index (χ0) is 16.1. The maximum atomic E-state index is 11.9. The second kappa shape index (κ2) is 7.61. The molecule has 1 aromatic rings. The molecular weight excluding hydrogens is 298 g/mol. The van der Waals surface area contributed by atoms with Crippen molar-refractivity contribution >= 4 is 17.7 Å². The predicted molar refractivity (Wildman–Crippen MR) is 85.9 cm³/mol. The second-order valence-corrected chi connectivity index (χ2v) is 6.43. The van der Waals surface area contributed by atoms with Crippen molar-refractivity contribution in [3.8, 4) is 6.07 Å². The minimum atomic E-state index is -0.0536. The number of nitriles is 1. The number of nitrogens with one attached hydrogen (secondary N) is 1. The van der Waals surface area contributed by atoms with E-state index in [9.17, 15) is 10.1 Å². The third kappa shape index (κ3) is 3.99. The van der Waals surface area contributed by atoms with Crippen LogP contribution in [0.25, 0.3) is 0 Å². The minimum absolute atomic E-state index is 0.0536.